The Morgan fingerprint density at radius 2 is 1.86 bits per heavy atom. The summed E-state index contributed by atoms with van der Waals surface area (Å²) in [4.78, 5) is 9.90. The summed E-state index contributed by atoms with van der Waals surface area (Å²) in [6.07, 6.45) is -2.99. The van der Waals surface area contributed by atoms with E-state index in [0.29, 0.717) is 19.6 Å². The maximum absolute atomic E-state index is 15.1. The molecular weight excluding hydrogens is 499 g/mol. The van der Waals surface area contributed by atoms with Gasteiger partial charge in [0, 0.05) is 31.8 Å². The van der Waals surface area contributed by atoms with Crippen molar-refractivity contribution in [2.75, 3.05) is 44.8 Å². The molecule has 3 aromatic rings. The fraction of sp³-hybridized carbons (Fsp3) is 0.476. The van der Waals surface area contributed by atoms with E-state index >= 15 is 8.78 Å². The summed E-state index contributed by atoms with van der Waals surface area (Å²) in [6.45, 7) is 4.76. The first kappa shape index (κ1) is 25.3. The molecule has 1 atom stereocenters. The van der Waals surface area contributed by atoms with Gasteiger partial charge in [-0.1, -0.05) is 11.6 Å². The molecule has 1 fully saturated rings. The summed E-state index contributed by atoms with van der Waals surface area (Å²) in [5, 5.41) is 5.57. The number of anilines is 1. The first-order valence-electron chi connectivity index (χ1n) is 10.8. The molecule has 1 saturated heterocycles. The molecule has 0 saturated carbocycles. The highest BCUT2D eigenvalue weighted by Gasteiger charge is 2.37. The van der Waals surface area contributed by atoms with Crippen LogP contribution < -0.4 is 10.1 Å². The van der Waals surface area contributed by atoms with E-state index in [0.717, 1.165) is 49.5 Å². The molecule has 14 heteroatoms. The number of hydrogen-bond donors (Lipinski definition) is 1. The number of fused-ring (bicyclic) bond motifs is 1. The maximum atomic E-state index is 15.1. The number of hydrogen-bond acceptors (Lipinski definition) is 7. The topological polar surface area (TPSA) is 76.8 Å². The third kappa shape index (κ3) is 5.73. The van der Waals surface area contributed by atoms with Crippen LogP contribution in [0.2, 0.25) is 5.15 Å². The number of morpholine rings is 1. The van der Waals surface area contributed by atoms with Crippen LogP contribution in [0, 0.1) is 11.6 Å². The molecule has 0 amide bonds. The van der Waals surface area contributed by atoms with Crippen LogP contribution in [0.3, 0.4) is 0 Å². The predicted molar refractivity (Wildman–Crippen MR) is 118 cm³/mol. The van der Waals surface area contributed by atoms with Gasteiger partial charge in [0.15, 0.2) is 0 Å². The minimum atomic E-state index is -4.66. The maximum Gasteiger partial charge on any atom is 0.408 e. The normalized spacial score (nSPS) is 16.0. The van der Waals surface area contributed by atoms with Gasteiger partial charge in [0.1, 0.15) is 40.7 Å². The van der Waals surface area contributed by atoms with Crippen LogP contribution in [0.25, 0.3) is 16.9 Å². The van der Waals surface area contributed by atoms with Gasteiger partial charge >= 0.3 is 6.18 Å². The molecule has 1 aliphatic heterocycles. The summed E-state index contributed by atoms with van der Waals surface area (Å²) < 4.78 is 81.7. The number of ether oxygens (including phenoxy) is 2. The lowest BCUT2D eigenvalue weighted by molar-refractivity contribution is -0.138. The van der Waals surface area contributed by atoms with E-state index in [1.54, 1.807) is 0 Å². The van der Waals surface area contributed by atoms with Gasteiger partial charge in [-0.25, -0.2) is 8.78 Å². The van der Waals surface area contributed by atoms with Crippen molar-refractivity contribution in [3.05, 3.63) is 35.2 Å². The van der Waals surface area contributed by atoms with E-state index in [4.69, 9.17) is 21.1 Å². The standard InChI is InChI=1S/C21H22ClF5N6O2/c1-12(21(25,26)27)30-19-17(18(22)31-20-28-11-29-33(19)20)16-14(23)9-13(10-15(16)24)35-6-2-3-32-4-7-34-8-5-32/h9-12,30H,2-8H2,1H3/t12-/m1/s1. The number of benzene rings is 1. The molecule has 190 valence electrons. The van der Waals surface area contributed by atoms with Crippen molar-refractivity contribution in [3.8, 4) is 16.9 Å². The zero-order valence-electron chi connectivity index (χ0n) is 18.6. The Morgan fingerprint density at radius 1 is 1.17 bits per heavy atom. The zero-order chi connectivity index (χ0) is 25.2. The average Bonchev–Trinajstić information content (AvgIpc) is 3.26. The Labute approximate surface area is 202 Å². The van der Waals surface area contributed by atoms with Gasteiger partial charge in [0.25, 0.3) is 5.78 Å². The molecule has 1 N–H and O–H groups in total. The van der Waals surface area contributed by atoms with E-state index in [9.17, 15) is 13.2 Å². The summed E-state index contributed by atoms with van der Waals surface area (Å²) in [6, 6.07) is -0.190. The minimum absolute atomic E-state index is 0.0604. The fourth-order valence-corrected chi connectivity index (χ4v) is 3.89. The first-order chi connectivity index (χ1) is 16.6. The van der Waals surface area contributed by atoms with Gasteiger partial charge in [0.05, 0.1) is 30.9 Å². The summed E-state index contributed by atoms with van der Waals surface area (Å²) in [5.74, 6) is -2.77. The third-order valence-corrected chi connectivity index (χ3v) is 5.76. The van der Waals surface area contributed by atoms with Gasteiger partial charge in [-0.15, -0.1) is 0 Å². The number of nitrogens with zero attached hydrogens (tertiary/aromatic N) is 5. The van der Waals surface area contributed by atoms with E-state index in [1.165, 1.54) is 0 Å². The molecule has 2 aromatic heterocycles. The van der Waals surface area contributed by atoms with E-state index in [1.807, 2.05) is 0 Å². The number of alkyl halides is 3. The average molecular weight is 521 g/mol. The van der Waals surface area contributed by atoms with Gasteiger partial charge in [-0.05, 0) is 13.3 Å². The van der Waals surface area contributed by atoms with E-state index in [2.05, 4.69) is 25.3 Å². The number of aromatic nitrogens is 4. The lowest BCUT2D eigenvalue weighted by Crippen LogP contribution is -2.37. The second-order valence-electron chi connectivity index (χ2n) is 7.92. The predicted octanol–water partition coefficient (Wildman–Crippen LogP) is 4.19. The third-order valence-electron chi connectivity index (χ3n) is 5.48. The highest BCUT2D eigenvalue weighted by atomic mass is 35.5. The quantitative estimate of drug-likeness (QED) is 0.271. The molecule has 8 nitrogen and oxygen atoms in total. The van der Waals surface area contributed by atoms with Gasteiger partial charge < -0.3 is 14.8 Å². The molecule has 4 rings (SSSR count). The van der Waals surface area contributed by atoms with Crippen molar-refractivity contribution >= 4 is 23.2 Å². The lowest BCUT2D eigenvalue weighted by atomic mass is 10.1. The lowest BCUT2D eigenvalue weighted by Gasteiger charge is -2.26. The van der Waals surface area contributed by atoms with Crippen molar-refractivity contribution < 1.29 is 31.4 Å². The second kappa shape index (κ2) is 10.5. The SMILES string of the molecule is C[C@@H](Nc1c(-c2c(F)cc(OCCCN3CCOCC3)cc2F)c(Cl)nc2ncnn12)C(F)(F)F. The zero-order valence-corrected chi connectivity index (χ0v) is 19.3. The number of rotatable bonds is 8. The van der Waals surface area contributed by atoms with Gasteiger partial charge in [-0.2, -0.15) is 32.8 Å². The first-order valence-corrected chi connectivity index (χ1v) is 11.2. The number of halogens is 6. The minimum Gasteiger partial charge on any atom is -0.493 e. The van der Waals surface area contributed by atoms with E-state index in [-0.39, 0.29) is 18.1 Å². The van der Waals surface area contributed by atoms with E-state index < -0.39 is 46.0 Å². The Balaban J connectivity index is 1.60. The van der Waals surface area contributed by atoms with Crippen LogP contribution in [0.5, 0.6) is 5.75 Å². The highest BCUT2D eigenvalue weighted by Crippen LogP contribution is 2.39. The highest BCUT2D eigenvalue weighted by molar-refractivity contribution is 6.33. The molecule has 35 heavy (non-hydrogen) atoms. The Kier molecular flexibility index (Phi) is 7.57. The smallest absolute Gasteiger partial charge is 0.408 e. The number of nitrogens with one attached hydrogen (secondary N) is 1. The molecular formula is C21H22ClF5N6O2. The largest absolute Gasteiger partial charge is 0.493 e. The Hall–Kier alpha value is -2.77. The van der Waals surface area contributed by atoms with Crippen molar-refractivity contribution in [3.63, 3.8) is 0 Å². The van der Waals surface area contributed by atoms with Crippen molar-refractivity contribution in [2.45, 2.75) is 25.6 Å². The second-order valence-corrected chi connectivity index (χ2v) is 8.28. The van der Waals surface area contributed by atoms with Crippen LogP contribution >= 0.6 is 11.6 Å². The van der Waals surface area contributed by atoms with Crippen molar-refractivity contribution in [2.24, 2.45) is 0 Å². The molecule has 3 heterocycles. The van der Waals surface area contributed by atoms with Crippen molar-refractivity contribution in [1.82, 2.24) is 24.5 Å². The van der Waals surface area contributed by atoms with Crippen LogP contribution in [-0.2, 0) is 4.74 Å². The molecule has 0 unspecified atom stereocenters. The molecule has 0 spiro atoms. The molecule has 0 radical (unpaired) electrons. The summed E-state index contributed by atoms with van der Waals surface area (Å²) in [5.41, 5.74) is -1.09. The molecule has 0 bridgehead atoms. The Bertz CT molecular complexity index is 1160. The summed E-state index contributed by atoms with van der Waals surface area (Å²) in [7, 11) is 0. The Morgan fingerprint density at radius 3 is 2.51 bits per heavy atom. The van der Waals surface area contributed by atoms with Crippen molar-refractivity contribution in [1.29, 1.82) is 0 Å². The monoisotopic (exact) mass is 520 g/mol. The summed E-state index contributed by atoms with van der Waals surface area (Å²) >= 11 is 6.17. The fourth-order valence-electron chi connectivity index (χ4n) is 3.63. The van der Waals surface area contributed by atoms with Crippen LogP contribution in [-0.4, -0.2) is 76.2 Å². The van der Waals surface area contributed by atoms with Crippen LogP contribution in [0.15, 0.2) is 18.5 Å². The van der Waals surface area contributed by atoms with Gasteiger partial charge in [-0.3, -0.25) is 4.90 Å². The molecule has 0 aliphatic carbocycles. The van der Waals surface area contributed by atoms with Crippen LogP contribution in [0.1, 0.15) is 13.3 Å². The van der Waals surface area contributed by atoms with Gasteiger partial charge in [0.2, 0.25) is 0 Å². The molecule has 1 aliphatic rings. The van der Waals surface area contributed by atoms with Crippen LogP contribution in [0.4, 0.5) is 27.8 Å². The molecule has 1 aromatic carbocycles.